The largest absolute Gasteiger partial charge is 0.299 e. The summed E-state index contributed by atoms with van der Waals surface area (Å²) in [5, 5.41) is 0. The molecule has 1 fully saturated rings. The van der Waals surface area contributed by atoms with Gasteiger partial charge in [0.05, 0.1) is 0 Å². The quantitative estimate of drug-likeness (QED) is 0.715. The Morgan fingerprint density at radius 3 is 2.53 bits per heavy atom. The highest BCUT2D eigenvalue weighted by Crippen LogP contribution is 2.28. The molecule has 0 bridgehead atoms. The van der Waals surface area contributed by atoms with E-state index in [-0.39, 0.29) is 0 Å². The molecule has 0 aromatic heterocycles. The third-order valence-corrected chi connectivity index (χ3v) is 3.29. The third-order valence-electron chi connectivity index (χ3n) is 3.29. The molecule has 1 nitrogen and oxygen atoms in total. The molecule has 0 saturated heterocycles. The van der Waals surface area contributed by atoms with Gasteiger partial charge in [-0.15, -0.1) is 0 Å². The van der Waals surface area contributed by atoms with Crippen molar-refractivity contribution in [2.24, 2.45) is 5.92 Å². The minimum atomic E-state index is 0.417. The van der Waals surface area contributed by atoms with Crippen LogP contribution in [0.1, 0.15) is 37.7 Å². The van der Waals surface area contributed by atoms with E-state index >= 15 is 0 Å². The molecular formula is C14H18O. The van der Waals surface area contributed by atoms with Gasteiger partial charge in [-0.1, -0.05) is 36.8 Å². The van der Waals surface area contributed by atoms with Gasteiger partial charge in [0, 0.05) is 12.3 Å². The number of Topliss-reactive ketones (excluding diaryl/α,β-unsaturated/α-hetero) is 1. The molecular weight excluding hydrogens is 184 g/mol. The smallest absolute Gasteiger partial charge is 0.135 e. The Labute approximate surface area is 91.5 Å². The monoisotopic (exact) mass is 202 g/mol. The fraction of sp³-hybridized carbons (Fsp3) is 0.500. The van der Waals surface area contributed by atoms with Crippen LogP contribution in [-0.4, -0.2) is 5.78 Å². The minimum Gasteiger partial charge on any atom is -0.299 e. The van der Waals surface area contributed by atoms with Crippen LogP contribution < -0.4 is 0 Å². The number of hydrogen-bond donors (Lipinski definition) is 0. The van der Waals surface area contributed by atoms with Gasteiger partial charge in [-0.05, 0) is 31.2 Å². The first-order chi connectivity index (χ1) is 7.36. The van der Waals surface area contributed by atoms with Crippen molar-refractivity contribution < 1.29 is 4.79 Å². The van der Waals surface area contributed by atoms with E-state index in [0.29, 0.717) is 11.7 Å². The van der Waals surface area contributed by atoms with Crippen LogP contribution >= 0.6 is 0 Å². The average Bonchev–Trinajstić information content (AvgIpc) is 2.16. The van der Waals surface area contributed by atoms with E-state index in [9.17, 15) is 4.79 Å². The van der Waals surface area contributed by atoms with Crippen molar-refractivity contribution in [3.8, 4) is 0 Å². The fourth-order valence-electron chi connectivity index (χ4n) is 2.05. The summed E-state index contributed by atoms with van der Waals surface area (Å²) in [6.45, 7) is 0. The first-order valence-electron chi connectivity index (χ1n) is 5.93. The van der Waals surface area contributed by atoms with Crippen molar-refractivity contribution in [2.75, 3.05) is 0 Å². The van der Waals surface area contributed by atoms with E-state index in [0.717, 1.165) is 32.1 Å². The molecule has 0 atom stereocenters. The summed E-state index contributed by atoms with van der Waals surface area (Å²) in [5.74, 6) is 0.915. The summed E-state index contributed by atoms with van der Waals surface area (Å²) >= 11 is 0. The molecule has 0 N–H and O–H groups in total. The number of aryl methyl sites for hydroxylation is 1. The van der Waals surface area contributed by atoms with Crippen LogP contribution in [0.3, 0.4) is 0 Å². The second-order valence-corrected chi connectivity index (χ2v) is 4.43. The minimum absolute atomic E-state index is 0.417. The fourth-order valence-corrected chi connectivity index (χ4v) is 2.05. The van der Waals surface area contributed by atoms with Crippen LogP contribution in [0, 0.1) is 5.92 Å². The summed E-state index contributed by atoms with van der Waals surface area (Å²) in [7, 11) is 0. The average molecular weight is 202 g/mol. The van der Waals surface area contributed by atoms with E-state index in [4.69, 9.17) is 0 Å². The van der Waals surface area contributed by atoms with Gasteiger partial charge in [0.15, 0.2) is 0 Å². The first kappa shape index (κ1) is 10.4. The van der Waals surface area contributed by atoms with E-state index in [1.54, 1.807) is 0 Å². The van der Waals surface area contributed by atoms with Gasteiger partial charge < -0.3 is 0 Å². The van der Waals surface area contributed by atoms with Gasteiger partial charge in [-0.3, -0.25) is 4.79 Å². The van der Waals surface area contributed by atoms with E-state index in [1.165, 1.54) is 12.0 Å². The van der Waals surface area contributed by atoms with Crippen LogP contribution in [0.15, 0.2) is 30.3 Å². The lowest BCUT2D eigenvalue weighted by Gasteiger charge is -2.23. The van der Waals surface area contributed by atoms with Gasteiger partial charge in [0.2, 0.25) is 0 Å². The van der Waals surface area contributed by atoms with Crippen molar-refractivity contribution in [1.82, 2.24) is 0 Å². The standard InChI is InChI=1S/C14H18O/c15-14(13-9-5-10-13)11-4-8-12-6-2-1-3-7-12/h1-3,6-7,13H,4-5,8-11H2. The van der Waals surface area contributed by atoms with E-state index in [1.807, 2.05) is 6.07 Å². The Morgan fingerprint density at radius 2 is 1.93 bits per heavy atom. The lowest BCUT2D eigenvalue weighted by molar-refractivity contribution is -0.125. The lowest BCUT2D eigenvalue weighted by atomic mass is 9.80. The Bertz CT molecular complexity index is 311. The maximum Gasteiger partial charge on any atom is 0.135 e. The van der Waals surface area contributed by atoms with Crippen molar-refractivity contribution in [3.63, 3.8) is 0 Å². The summed E-state index contributed by atoms with van der Waals surface area (Å²) in [6, 6.07) is 10.4. The van der Waals surface area contributed by atoms with Gasteiger partial charge in [-0.2, -0.15) is 0 Å². The molecule has 80 valence electrons. The van der Waals surface area contributed by atoms with Crippen molar-refractivity contribution in [3.05, 3.63) is 35.9 Å². The molecule has 1 aliphatic carbocycles. The molecule has 0 radical (unpaired) electrons. The first-order valence-corrected chi connectivity index (χ1v) is 5.93. The lowest BCUT2D eigenvalue weighted by Crippen LogP contribution is -2.21. The van der Waals surface area contributed by atoms with Crippen molar-refractivity contribution in [2.45, 2.75) is 38.5 Å². The predicted molar refractivity (Wildman–Crippen MR) is 61.7 cm³/mol. The molecule has 2 rings (SSSR count). The molecule has 1 aromatic carbocycles. The molecule has 1 saturated carbocycles. The molecule has 0 heterocycles. The number of ketones is 1. The van der Waals surface area contributed by atoms with Crippen molar-refractivity contribution >= 4 is 5.78 Å². The number of benzene rings is 1. The Kier molecular flexibility index (Phi) is 3.54. The molecule has 15 heavy (non-hydrogen) atoms. The number of rotatable bonds is 5. The Balaban J connectivity index is 1.68. The molecule has 1 aromatic rings. The van der Waals surface area contributed by atoms with E-state index in [2.05, 4.69) is 24.3 Å². The highest BCUT2D eigenvalue weighted by atomic mass is 16.1. The molecule has 0 unspecified atom stereocenters. The number of hydrogen-bond acceptors (Lipinski definition) is 1. The predicted octanol–water partition coefficient (Wildman–Crippen LogP) is 3.38. The number of carbonyl (C=O) groups is 1. The summed E-state index contributed by atoms with van der Waals surface area (Å²) in [5.41, 5.74) is 1.35. The topological polar surface area (TPSA) is 17.1 Å². The molecule has 1 aliphatic rings. The summed E-state index contributed by atoms with van der Waals surface area (Å²) in [4.78, 5) is 11.6. The van der Waals surface area contributed by atoms with E-state index < -0.39 is 0 Å². The van der Waals surface area contributed by atoms with Gasteiger partial charge in [0.1, 0.15) is 5.78 Å². The van der Waals surface area contributed by atoms with Gasteiger partial charge >= 0.3 is 0 Å². The highest BCUT2D eigenvalue weighted by Gasteiger charge is 2.24. The maximum atomic E-state index is 11.6. The highest BCUT2D eigenvalue weighted by molar-refractivity contribution is 5.81. The van der Waals surface area contributed by atoms with Crippen molar-refractivity contribution in [1.29, 1.82) is 0 Å². The van der Waals surface area contributed by atoms with Crippen LogP contribution in [0.5, 0.6) is 0 Å². The molecule has 0 amide bonds. The maximum absolute atomic E-state index is 11.6. The van der Waals surface area contributed by atoms with Gasteiger partial charge in [-0.25, -0.2) is 0 Å². The van der Waals surface area contributed by atoms with Gasteiger partial charge in [0.25, 0.3) is 0 Å². The van der Waals surface area contributed by atoms with Crippen LogP contribution in [-0.2, 0) is 11.2 Å². The third kappa shape index (κ3) is 2.92. The Morgan fingerprint density at radius 1 is 1.20 bits per heavy atom. The number of carbonyl (C=O) groups excluding carboxylic acids is 1. The second kappa shape index (κ2) is 5.11. The molecule has 1 heteroatoms. The second-order valence-electron chi connectivity index (χ2n) is 4.43. The summed E-state index contributed by atoms with van der Waals surface area (Å²) in [6.07, 6.45) is 6.38. The normalized spacial score (nSPS) is 16.0. The van der Waals surface area contributed by atoms with Crippen LogP contribution in [0.25, 0.3) is 0 Å². The Hall–Kier alpha value is -1.11. The van der Waals surface area contributed by atoms with Crippen LogP contribution in [0.2, 0.25) is 0 Å². The SMILES string of the molecule is O=C(CCCc1ccccc1)C1CCC1. The zero-order valence-corrected chi connectivity index (χ0v) is 9.11. The zero-order valence-electron chi connectivity index (χ0n) is 9.11. The summed E-state index contributed by atoms with van der Waals surface area (Å²) < 4.78 is 0. The van der Waals surface area contributed by atoms with Crippen LogP contribution in [0.4, 0.5) is 0 Å². The molecule has 0 spiro atoms. The molecule has 0 aliphatic heterocycles. The zero-order chi connectivity index (χ0) is 10.5.